The molecule has 3 amide bonds. The van der Waals surface area contributed by atoms with Crippen LogP contribution in [0.3, 0.4) is 0 Å². The van der Waals surface area contributed by atoms with E-state index in [9.17, 15) is 9.59 Å². The molecule has 1 N–H and O–H groups in total. The summed E-state index contributed by atoms with van der Waals surface area (Å²) >= 11 is 2.11. The molecule has 1 aliphatic rings. The number of likely N-dealkylation sites (N-methyl/N-ethyl adjacent to an activating group) is 1. The topological polar surface area (TPSA) is 67.9 Å². The van der Waals surface area contributed by atoms with E-state index in [2.05, 4.69) is 33.8 Å². The third-order valence-electron chi connectivity index (χ3n) is 3.02. The van der Waals surface area contributed by atoms with Gasteiger partial charge in [-0.05, 0) is 53.3 Å². The van der Waals surface area contributed by atoms with Gasteiger partial charge < -0.3 is 14.8 Å². The second kappa shape index (κ2) is 7.37. The highest BCUT2D eigenvalue weighted by atomic mass is 127. The quantitative estimate of drug-likeness (QED) is 0.340. The van der Waals surface area contributed by atoms with Crippen molar-refractivity contribution in [2.24, 2.45) is 0 Å². The van der Waals surface area contributed by atoms with Crippen LogP contribution in [0.2, 0.25) is 0 Å². The molecule has 1 fully saturated rings. The highest BCUT2D eigenvalue weighted by molar-refractivity contribution is 14.1. The van der Waals surface area contributed by atoms with Crippen molar-refractivity contribution in [2.45, 2.75) is 6.92 Å². The Balaban J connectivity index is 2.39. The van der Waals surface area contributed by atoms with E-state index in [-0.39, 0.29) is 18.2 Å². The van der Waals surface area contributed by atoms with Crippen molar-refractivity contribution < 1.29 is 19.1 Å². The monoisotopic (exact) mass is 426 g/mol. The van der Waals surface area contributed by atoms with E-state index in [1.165, 1.54) is 7.05 Å². The Kier molecular flexibility index (Phi) is 5.50. The molecular formula is C16H15IN2O4. The van der Waals surface area contributed by atoms with Gasteiger partial charge in [-0.15, -0.1) is 6.42 Å². The molecule has 1 heterocycles. The second-order valence-electron chi connectivity index (χ2n) is 4.61. The predicted molar refractivity (Wildman–Crippen MR) is 93.9 cm³/mol. The van der Waals surface area contributed by atoms with E-state index in [1.54, 1.807) is 12.1 Å². The molecule has 2 rings (SSSR count). The van der Waals surface area contributed by atoms with Crippen molar-refractivity contribution in [3.63, 3.8) is 0 Å². The minimum absolute atomic E-state index is 0.135. The highest BCUT2D eigenvalue weighted by Crippen LogP contribution is 2.35. The number of halogens is 1. The molecule has 0 saturated carbocycles. The number of benzene rings is 1. The van der Waals surface area contributed by atoms with Gasteiger partial charge in [0.15, 0.2) is 11.5 Å². The van der Waals surface area contributed by atoms with E-state index in [4.69, 9.17) is 15.9 Å². The SMILES string of the molecule is C#CCOc1c(I)cc(/C=C2/NC(=O)N(C)C2=O)cc1OCC. The lowest BCUT2D eigenvalue weighted by Crippen LogP contribution is -2.25. The first-order valence-corrected chi connectivity index (χ1v) is 7.89. The van der Waals surface area contributed by atoms with Crippen molar-refractivity contribution in [3.8, 4) is 23.8 Å². The van der Waals surface area contributed by atoms with Crippen molar-refractivity contribution in [2.75, 3.05) is 20.3 Å². The minimum Gasteiger partial charge on any atom is -0.490 e. The summed E-state index contributed by atoms with van der Waals surface area (Å²) < 4.78 is 11.9. The molecular weight excluding hydrogens is 411 g/mol. The number of carbonyl (C=O) groups excluding carboxylic acids is 2. The fraction of sp³-hybridized carbons (Fsp3) is 0.250. The van der Waals surface area contributed by atoms with Gasteiger partial charge in [-0.1, -0.05) is 5.92 Å². The summed E-state index contributed by atoms with van der Waals surface area (Å²) in [7, 11) is 1.42. The maximum absolute atomic E-state index is 11.9. The lowest BCUT2D eigenvalue weighted by molar-refractivity contribution is -0.121. The average molecular weight is 426 g/mol. The number of carbonyl (C=O) groups is 2. The van der Waals surface area contributed by atoms with E-state index in [1.807, 2.05) is 13.0 Å². The van der Waals surface area contributed by atoms with Crippen molar-refractivity contribution >= 4 is 40.6 Å². The predicted octanol–water partition coefficient (Wildman–Crippen LogP) is 2.22. The number of nitrogens with zero attached hydrogens (tertiary/aromatic N) is 1. The lowest BCUT2D eigenvalue weighted by Gasteiger charge is -2.13. The van der Waals surface area contributed by atoms with Gasteiger partial charge in [0, 0.05) is 7.05 Å². The Morgan fingerprint density at radius 3 is 2.70 bits per heavy atom. The molecule has 0 atom stereocenters. The van der Waals surface area contributed by atoms with Gasteiger partial charge in [-0.3, -0.25) is 9.69 Å². The average Bonchev–Trinajstić information content (AvgIpc) is 2.74. The summed E-state index contributed by atoms with van der Waals surface area (Å²) in [5.41, 5.74) is 0.929. The molecule has 0 bridgehead atoms. The molecule has 7 heteroatoms. The first kappa shape index (κ1) is 17.1. The number of imide groups is 1. The van der Waals surface area contributed by atoms with Gasteiger partial charge in [-0.25, -0.2) is 4.79 Å². The Morgan fingerprint density at radius 1 is 1.39 bits per heavy atom. The second-order valence-corrected chi connectivity index (χ2v) is 5.77. The van der Waals surface area contributed by atoms with Crippen LogP contribution in [0.4, 0.5) is 4.79 Å². The zero-order valence-corrected chi connectivity index (χ0v) is 14.8. The Bertz CT molecular complexity index is 722. The van der Waals surface area contributed by atoms with E-state index in [0.29, 0.717) is 23.7 Å². The maximum Gasteiger partial charge on any atom is 0.328 e. The molecule has 1 aliphatic heterocycles. The molecule has 120 valence electrons. The first-order chi connectivity index (χ1) is 11.0. The molecule has 1 aromatic rings. The largest absolute Gasteiger partial charge is 0.490 e. The zero-order chi connectivity index (χ0) is 17.0. The van der Waals surface area contributed by atoms with Gasteiger partial charge in [0.2, 0.25) is 0 Å². The van der Waals surface area contributed by atoms with Gasteiger partial charge in [0.25, 0.3) is 5.91 Å². The third kappa shape index (κ3) is 3.76. The summed E-state index contributed by atoms with van der Waals surface area (Å²) in [5, 5.41) is 2.52. The van der Waals surface area contributed by atoms with Crippen LogP contribution in [0, 0.1) is 15.9 Å². The van der Waals surface area contributed by atoms with Gasteiger partial charge in [0.1, 0.15) is 12.3 Å². The smallest absolute Gasteiger partial charge is 0.328 e. The normalized spacial score (nSPS) is 15.6. The number of hydrogen-bond acceptors (Lipinski definition) is 4. The van der Waals surface area contributed by atoms with Crippen LogP contribution >= 0.6 is 22.6 Å². The van der Waals surface area contributed by atoms with E-state index >= 15 is 0 Å². The number of hydrogen-bond donors (Lipinski definition) is 1. The van der Waals surface area contributed by atoms with Crippen LogP contribution in [-0.4, -0.2) is 37.1 Å². The first-order valence-electron chi connectivity index (χ1n) is 6.81. The lowest BCUT2D eigenvalue weighted by atomic mass is 10.1. The summed E-state index contributed by atoms with van der Waals surface area (Å²) in [4.78, 5) is 24.4. The van der Waals surface area contributed by atoms with Gasteiger partial charge in [-0.2, -0.15) is 0 Å². The number of rotatable bonds is 5. The number of terminal acetylenes is 1. The van der Waals surface area contributed by atoms with E-state index in [0.717, 1.165) is 8.47 Å². The van der Waals surface area contributed by atoms with Crippen molar-refractivity contribution in [3.05, 3.63) is 27.0 Å². The molecule has 6 nitrogen and oxygen atoms in total. The van der Waals surface area contributed by atoms with Crippen LogP contribution in [0.1, 0.15) is 12.5 Å². The number of urea groups is 1. The van der Waals surface area contributed by atoms with Crippen LogP contribution in [0.25, 0.3) is 6.08 Å². The van der Waals surface area contributed by atoms with Gasteiger partial charge in [0.05, 0.1) is 10.2 Å². The Labute approximate surface area is 148 Å². The third-order valence-corrected chi connectivity index (χ3v) is 3.83. The molecule has 0 aromatic heterocycles. The minimum atomic E-state index is -0.449. The Hall–Kier alpha value is -2.21. The maximum atomic E-state index is 11.9. The summed E-state index contributed by atoms with van der Waals surface area (Å²) in [6.07, 6.45) is 6.82. The molecule has 0 spiro atoms. The number of nitrogens with one attached hydrogen (secondary N) is 1. The number of amides is 3. The fourth-order valence-corrected chi connectivity index (χ4v) is 2.76. The molecule has 0 radical (unpaired) electrons. The molecule has 23 heavy (non-hydrogen) atoms. The highest BCUT2D eigenvalue weighted by Gasteiger charge is 2.30. The van der Waals surface area contributed by atoms with Crippen molar-refractivity contribution in [1.82, 2.24) is 10.2 Å². The molecule has 1 aromatic carbocycles. The van der Waals surface area contributed by atoms with Gasteiger partial charge >= 0.3 is 6.03 Å². The standard InChI is InChI=1S/C16H15IN2O4/c1-4-6-23-14-11(17)7-10(9-13(14)22-5-2)8-12-15(20)19(3)16(21)18-12/h1,7-9H,5-6H2,2-3H3,(H,18,21)/b12-8+. The van der Waals surface area contributed by atoms with Crippen LogP contribution < -0.4 is 14.8 Å². The van der Waals surface area contributed by atoms with E-state index < -0.39 is 6.03 Å². The number of ether oxygens (including phenoxy) is 2. The molecule has 1 saturated heterocycles. The summed E-state index contributed by atoms with van der Waals surface area (Å²) in [6.45, 7) is 2.45. The molecule has 0 aliphatic carbocycles. The summed E-state index contributed by atoms with van der Waals surface area (Å²) in [6, 6.07) is 3.11. The zero-order valence-electron chi connectivity index (χ0n) is 12.7. The van der Waals surface area contributed by atoms with Crippen LogP contribution in [-0.2, 0) is 4.79 Å². The molecule has 0 unspecified atom stereocenters. The van der Waals surface area contributed by atoms with Crippen LogP contribution in [0.5, 0.6) is 11.5 Å². The fourth-order valence-electron chi connectivity index (χ4n) is 1.98. The Morgan fingerprint density at radius 2 is 2.13 bits per heavy atom. The van der Waals surface area contributed by atoms with Crippen LogP contribution in [0.15, 0.2) is 17.8 Å². The summed E-state index contributed by atoms with van der Waals surface area (Å²) in [5.74, 6) is 3.13. The van der Waals surface area contributed by atoms with Crippen molar-refractivity contribution in [1.29, 1.82) is 0 Å².